The second kappa shape index (κ2) is 11.7. The molecule has 1 aliphatic rings. The van der Waals surface area contributed by atoms with Crippen LogP contribution < -0.4 is 10.2 Å². The Morgan fingerprint density at radius 2 is 1.80 bits per heavy atom. The molecule has 0 aliphatic carbocycles. The van der Waals surface area contributed by atoms with Crippen LogP contribution in [0.15, 0.2) is 61.1 Å². The van der Waals surface area contributed by atoms with Gasteiger partial charge in [-0.2, -0.15) is 10.2 Å². The number of carbonyl (C=O) groups is 3. The Balaban J connectivity index is 1.30. The fraction of sp³-hybridized carbons (Fsp3) is 0.222. The molecule has 5 aromatic rings. The quantitative estimate of drug-likeness (QED) is 0.227. The molecule has 0 radical (unpaired) electrons. The molecule has 18 heteroatoms. The van der Waals surface area contributed by atoms with Crippen molar-refractivity contribution in [2.75, 3.05) is 23.3 Å². The number of fused-ring (bicyclic) bond motifs is 1. The van der Waals surface area contributed by atoms with Gasteiger partial charge in [0.25, 0.3) is 0 Å². The minimum Gasteiger partial charge on any atom is -0.324 e. The zero-order valence-electron chi connectivity index (χ0n) is 25.0. The molecule has 6 rings (SSSR count). The van der Waals surface area contributed by atoms with Gasteiger partial charge in [0.2, 0.25) is 17.7 Å². The first kappa shape index (κ1) is 30.5. The number of halogens is 2. The van der Waals surface area contributed by atoms with Gasteiger partial charge in [-0.05, 0) is 47.7 Å². The molecule has 13 nitrogen and oxygen atoms in total. The van der Waals surface area contributed by atoms with Crippen molar-refractivity contribution in [2.45, 2.75) is 17.7 Å². The van der Waals surface area contributed by atoms with Crippen LogP contribution in [0, 0.1) is 0 Å². The monoisotopic (exact) mass is 642 g/mol. The molecular formula is C27H27B3Cl2N10O3. The van der Waals surface area contributed by atoms with E-state index in [0.717, 1.165) is 10.9 Å². The number of hydrogen-bond donors (Lipinski definition) is 1. The highest BCUT2D eigenvalue weighted by atomic mass is 35.5. The molecule has 1 unspecified atom stereocenters. The number of nitrogens with zero attached hydrogens (tertiary/aromatic N) is 9. The van der Waals surface area contributed by atoms with Crippen molar-refractivity contribution >= 4 is 86.7 Å². The van der Waals surface area contributed by atoms with Crippen molar-refractivity contribution in [1.82, 2.24) is 39.5 Å². The highest BCUT2D eigenvalue weighted by Crippen LogP contribution is 2.30. The molecule has 0 saturated carbocycles. The molecule has 1 atom stereocenters. The summed E-state index contributed by atoms with van der Waals surface area (Å²) in [5.74, 6) is -1.27. The Morgan fingerprint density at radius 1 is 1.00 bits per heavy atom. The number of hydrogen-bond acceptors (Lipinski definition) is 7. The normalized spacial score (nSPS) is 14.7. The third kappa shape index (κ3) is 6.33. The number of anilines is 2. The van der Waals surface area contributed by atoms with E-state index in [-0.39, 0.29) is 29.9 Å². The molecule has 1 fully saturated rings. The third-order valence-electron chi connectivity index (χ3n) is 7.46. The number of benzene rings is 2. The van der Waals surface area contributed by atoms with Crippen LogP contribution in [0.25, 0.3) is 16.6 Å². The van der Waals surface area contributed by atoms with Crippen LogP contribution in [0.4, 0.5) is 11.4 Å². The first-order valence-corrected chi connectivity index (χ1v) is 14.9. The van der Waals surface area contributed by atoms with Crippen LogP contribution >= 0.6 is 23.2 Å². The summed E-state index contributed by atoms with van der Waals surface area (Å²) in [7, 11) is 7.87. The Labute approximate surface area is 270 Å². The van der Waals surface area contributed by atoms with Crippen molar-refractivity contribution in [3.63, 3.8) is 0 Å². The molecule has 226 valence electrons. The first-order valence-electron chi connectivity index (χ1n) is 14.1. The number of nitrogens with one attached hydrogen (secondary N) is 1. The predicted molar refractivity (Wildman–Crippen MR) is 178 cm³/mol. The number of amides is 3. The molecular weight excluding hydrogens is 616 g/mol. The summed E-state index contributed by atoms with van der Waals surface area (Å²) in [6.45, 7) is -0.668. The van der Waals surface area contributed by atoms with E-state index < -0.39 is 23.8 Å². The van der Waals surface area contributed by atoms with Gasteiger partial charge in [0.1, 0.15) is 42.7 Å². The number of carbonyl (C=O) groups excluding carboxylic acids is 3. The van der Waals surface area contributed by atoms with Crippen LogP contribution in [0.5, 0.6) is 0 Å². The number of aryl methyl sites for hydroxylation is 1. The lowest BCUT2D eigenvalue weighted by atomic mass is 9.49. The van der Waals surface area contributed by atoms with Crippen LogP contribution in [0.2, 0.25) is 10.2 Å². The highest BCUT2D eigenvalue weighted by molar-refractivity contribution is 6.56. The molecule has 1 aliphatic heterocycles. The van der Waals surface area contributed by atoms with Gasteiger partial charge >= 0.3 is 0 Å². The van der Waals surface area contributed by atoms with Gasteiger partial charge in [0.05, 0.1) is 28.8 Å². The van der Waals surface area contributed by atoms with E-state index in [1.165, 1.54) is 20.7 Å². The maximum atomic E-state index is 13.9. The van der Waals surface area contributed by atoms with Crippen LogP contribution in [0.1, 0.15) is 5.69 Å². The molecule has 0 bridgehead atoms. The average Bonchev–Trinajstić information content (AvgIpc) is 3.72. The van der Waals surface area contributed by atoms with Gasteiger partial charge < -0.3 is 10.2 Å². The number of piperazine rings is 1. The molecule has 4 heterocycles. The molecule has 45 heavy (non-hydrogen) atoms. The van der Waals surface area contributed by atoms with Gasteiger partial charge in [-0.3, -0.25) is 28.6 Å². The molecule has 3 amide bonds. The minimum absolute atomic E-state index is 0.100. The van der Waals surface area contributed by atoms with Gasteiger partial charge in [-0.1, -0.05) is 28.4 Å². The van der Waals surface area contributed by atoms with Crippen LogP contribution in [0.3, 0.4) is 0 Å². The Kier molecular flexibility index (Phi) is 7.95. The van der Waals surface area contributed by atoms with Crippen LogP contribution in [-0.4, -0.2) is 99.8 Å². The molecule has 1 N–H and O–H groups in total. The number of rotatable bonds is 8. The van der Waals surface area contributed by atoms with E-state index >= 15 is 0 Å². The SMILES string of the molecule is BC(B)(B)n1ccc(CC(C(=O)Nc2ccc3nn(C)cc3c2)N2CC(=O)N(c3cc(Cl)ccc3-n3cc(Cl)nn3)CC2=O)n1. The first-order chi connectivity index (χ1) is 21.4. The van der Waals surface area contributed by atoms with Crippen molar-refractivity contribution in [3.05, 3.63) is 76.9 Å². The van der Waals surface area contributed by atoms with E-state index in [1.807, 2.05) is 61.2 Å². The maximum Gasteiger partial charge on any atom is 0.247 e. The van der Waals surface area contributed by atoms with E-state index in [0.29, 0.717) is 27.8 Å². The second-order valence-electron chi connectivity index (χ2n) is 11.8. The fourth-order valence-electron chi connectivity index (χ4n) is 5.24. The van der Waals surface area contributed by atoms with Gasteiger partial charge in [-0.25, -0.2) is 4.68 Å². The minimum atomic E-state index is -1.02. The maximum absolute atomic E-state index is 13.9. The van der Waals surface area contributed by atoms with E-state index in [9.17, 15) is 14.4 Å². The smallest absolute Gasteiger partial charge is 0.247 e. The summed E-state index contributed by atoms with van der Waals surface area (Å²) in [6.07, 6.45) is 5.27. The topological polar surface area (TPSA) is 136 Å². The van der Waals surface area contributed by atoms with Crippen molar-refractivity contribution < 1.29 is 14.4 Å². The Hall–Kier alpha value is -4.56. The summed E-state index contributed by atoms with van der Waals surface area (Å²) < 4.78 is 4.89. The summed E-state index contributed by atoms with van der Waals surface area (Å²) in [5, 5.41) is 20.9. The Morgan fingerprint density at radius 3 is 2.51 bits per heavy atom. The fourth-order valence-corrected chi connectivity index (χ4v) is 5.54. The average molecular weight is 643 g/mol. The predicted octanol–water partition coefficient (Wildman–Crippen LogP) is -0.450. The molecule has 1 saturated heterocycles. The lowest BCUT2D eigenvalue weighted by Crippen LogP contribution is -2.60. The van der Waals surface area contributed by atoms with Gasteiger partial charge in [-0.15, -0.1) is 5.10 Å². The molecule has 2 aromatic carbocycles. The summed E-state index contributed by atoms with van der Waals surface area (Å²) in [5.41, 5.74) is 2.75. The van der Waals surface area contributed by atoms with Crippen molar-refractivity contribution in [3.8, 4) is 5.69 Å². The van der Waals surface area contributed by atoms with Gasteiger partial charge in [0, 0.05) is 42.0 Å². The van der Waals surface area contributed by atoms with Crippen molar-refractivity contribution in [1.29, 1.82) is 0 Å². The molecule has 3 aromatic heterocycles. The molecule has 0 spiro atoms. The zero-order chi connectivity index (χ0) is 32.0. The summed E-state index contributed by atoms with van der Waals surface area (Å²) in [6, 6.07) is 11.0. The largest absolute Gasteiger partial charge is 0.324 e. The van der Waals surface area contributed by atoms with Gasteiger partial charge in [0.15, 0.2) is 5.15 Å². The zero-order valence-corrected chi connectivity index (χ0v) is 26.5. The van der Waals surface area contributed by atoms with E-state index in [4.69, 9.17) is 23.2 Å². The third-order valence-corrected chi connectivity index (χ3v) is 7.87. The Bertz CT molecular complexity index is 1950. The van der Waals surface area contributed by atoms with Crippen LogP contribution in [-0.2, 0) is 33.1 Å². The highest BCUT2D eigenvalue weighted by Gasteiger charge is 2.39. The lowest BCUT2D eigenvalue weighted by molar-refractivity contribution is -0.143. The van der Waals surface area contributed by atoms with E-state index in [2.05, 4.69) is 25.8 Å². The second-order valence-corrected chi connectivity index (χ2v) is 12.7. The lowest BCUT2D eigenvalue weighted by Gasteiger charge is -2.38. The number of aromatic nitrogens is 7. The van der Waals surface area contributed by atoms with E-state index in [1.54, 1.807) is 33.6 Å². The standard InChI is InChI=1S/C27H27B3Cl2N10O3/c1-38-11-15-8-17(3-4-19(15)36-38)33-26(45)22(10-18-6-7-42(35-18)27(28,29)30)40-14-24(43)39(13-25(40)44)21-9-16(31)2-5-20(21)41-12-23(32)34-37-41/h2-9,11-12,22H,10,13-14,28-30H2,1H3,(H,33,45). The van der Waals surface area contributed by atoms with Crippen molar-refractivity contribution in [2.24, 2.45) is 7.05 Å². The summed E-state index contributed by atoms with van der Waals surface area (Å²) in [4.78, 5) is 44.1. The summed E-state index contributed by atoms with van der Waals surface area (Å²) >= 11 is 12.3.